The van der Waals surface area contributed by atoms with E-state index < -0.39 is 10.0 Å². The van der Waals surface area contributed by atoms with Crippen LogP contribution in [0.1, 0.15) is 24.2 Å². The molecule has 1 N–H and O–H groups in total. The van der Waals surface area contributed by atoms with Crippen LogP contribution in [-0.2, 0) is 10.0 Å². The van der Waals surface area contributed by atoms with Gasteiger partial charge in [-0.15, -0.1) is 0 Å². The Morgan fingerprint density at radius 1 is 1.15 bits per heavy atom. The van der Waals surface area contributed by atoms with Gasteiger partial charge in [0.1, 0.15) is 0 Å². The lowest BCUT2D eigenvalue weighted by molar-refractivity contribution is 0.0655. The smallest absolute Gasteiger partial charge is 0.264 e. The van der Waals surface area contributed by atoms with Crippen LogP contribution in [0.5, 0.6) is 0 Å². The van der Waals surface area contributed by atoms with Crippen molar-refractivity contribution in [3.63, 3.8) is 0 Å². The van der Waals surface area contributed by atoms with Gasteiger partial charge in [-0.1, -0.05) is 18.2 Å². The fraction of sp³-hybridized carbons (Fsp3) is 0.350. The minimum atomic E-state index is -3.68. The maximum atomic E-state index is 13.0. The Morgan fingerprint density at radius 3 is 2.41 bits per heavy atom. The second-order valence-corrected chi connectivity index (χ2v) is 8.44. The standard InChI is InChI=1S/C20H25N3O3S/c1-3-23(18-7-5-4-6-8-18)27(25,26)19-11-9-17(10-12-19)20(24)22-14-13-21-15-16(22)2/h4-12,16,21H,3,13-15H2,1-2H3/t16-/m1/s1. The summed E-state index contributed by atoms with van der Waals surface area (Å²) in [7, 11) is -3.68. The molecule has 1 atom stereocenters. The number of carbonyl (C=O) groups excluding carboxylic acids is 1. The minimum Gasteiger partial charge on any atom is -0.333 e. The fourth-order valence-corrected chi connectivity index (χ4v) is 4.76. The molecule has 7 heteroatoms. The maximum Gasteiger partial charge on any atom is 0.264 e. The van der Waals surface area contributed by atoms with Gasteiger partial charge < -0.3 is 10.2 Å². The van der Waals surface area contributed by atoms with Crippen molar-refractivity contribution >= 4 is 21.6 Å². The summed E-state index contributed by atoms with van der Waals surface area (Å²) >= 11 is 0. The molecule has 3 rings (SSSR count). The van der Waals surface area contributed by atoms with Gasteiger partial charge in [-0.2, -0.15) is 0 Å². The average molecular weight is 388 g/mol. The van der Waals surface area contributed by atoms with Gasteiger partial charge in [0.25, 0.3) is 15.9 Å². The molecule has 1 saturated heterocycles. The van der Waals surface area contributed by atoms with Gasteiger partial charge >= 0.3 is 0 Å². The van der Waals surface area contributed by atoms with Crippen molar-refractivity contribution in [3.8, 4) is 0 Å². The second-order valence-electron chi connectivity index (χ2n) is 6.58. The normalized spacial score (nSPS) is 17.6. The Kier molecular flexibility index (Phi) is 5.82. The van der Waals surface area contributed by atoms with E-state index >= 15 is 0 Å². The third-order valence-corrected chi connectivity index (χ3v) is 6.70. The molecule has 0 unspecified atom stereocenters. The number of hydrogen-bond acceptors (Lipinski definition) is 4. The number of hydrogen-bond donors (Lipinski definition) is 1. The first-order valence-corrected chi connectivity index (χ1v) is 10.6. The van der Waals surface area contributed by atoms with Crippen LogP contribution in [0.15, 0.2) is 59.5 Å². The number of para-hydroxylation sites is 1. The summed E-state index contributed by atoms with van der Waals surface area (Å²) in [4.78, 5) is 14.7. The number of sulfonamides is 1. The van der Waals surface area contributed by atoms with Crippen LogP contribution in [-0.4, -0.2) is 51.4 Å². The monoisotopic (exact) mass is 387 g/mol. The number of amides is 1. The summed E-state index contributed by atoms with van der Waals surface area (Å²) in [5.74, 6) is -0.0663. The molecule has 27 heavy (non-hydrogen) atoms. The first kappa shape index (κ1) is 19.4. The molecule has 0 saturated carbocycles. The van der Waals surface area contributed by atoms with Crippen LogP contribution in [0.25, 0.3) is 0 Å². The number of nitrogens with zero attached hydrogens (tertiary/aromatic N) is 2. The van der Waals surface area contributed by atoms with Gasteiger partial charge in [-0.25, -0.2) is 8.42 Å². The summed E-state index contributed by atoms with van der Waals surface area (Å²) < 4.78 is 27.4. The van der Waals surface area contributed by atoms with E-state index in [-0.39, 0.29) is 16.8 Å². The van der Waals surface area contributed by atoms with E-state index in [0.717, 1.165) is 13.1 Å². The molecule has 1 aliphatic heterocycles. The predicted octanol–water partition coefficient (Wildman–Crippen LogP) is 2.34. The summed E-state index contributed by atoms with van der Waals surface area (Å²) in [6.07, 6.45) is 0. The molecule has 1 aliphatic rings. The Bertz CT molecular complexity index is 882. The van der Waals surface area contributed by atoms with Crippen molar-refractivity contribution in [2.45, 2.75) is 24.8 Å². The molecule has 2 aromatic carbocycles. The van der Waals surface area contributed by atoms with Crippen molar-refractivity contribution in [1.29, 1.82) is 0 Å². The number of piperazine rings is 1. The van der Waals surface area contributed by atoms with Gasteiger partial charge in [0.15, 0.2) is 0 Å². The Morgan fingerprint density at radius 2 is 1.81 bits per heavy atom. The number of rotatable bonds is 5. The molecule has 0 radical (unpaired) electrons. The van der Waals surface area contributed by atoms with Crippen LogP contribution in [0, 0.1) is 0 Å². The molecule has 1 amide bonds. The van der Waals surface area contributed by atoms with Crippen molar-refractivity contribution < 1.29 is 13.2 Å². The lowest BCUT2D eigenvalue weighted by Gasteiger charge is -2.34. The van der Waals surface area contributed by atoms with E-state index in [1.165, 1.54) is 16.4 Å². The quantitative estimate of drug-likeness (QED) is 0.855. The van der Waals surface area contributed by atoms with E-state index in [1.54, 1.807) is 31.2 Å². The number of carbonyl (C=O) groups is 1. The first-order valence-electron chi connectivity index (χ1n) is 9.14. The third-order valence-electron chi connectivity index (χ3n) is 4.78. The van der Waals surface area contributed by atoms with Gasteiger partial charge in [0, 0.05) is 37.8 Å². The Labute approximate surface area is 160 Å². The Balaban J connectivity index is 1.84. The van der Waals surface area contributed by atoms with E-state index in [1.807, 2.05) is 30.0 Å². The number of benzene rings is 2. The zero-order chi connectivity index (χ0) is 19.4. The zero-order valence-corrected chi connectivity index (χ0v) is 16.4. The van der Waals surface area contributed by atoms with Crippen LogP contribution in [0.2, 0.25) is 0 Å². The predicted molar refractivity (Wildman–Crippen MR) is 106 cm³/mol. The largest absolute Gasteiger partial charge is 0.333 e. The van der Waals surface area contributed by atoms with Crippen LogP contribution in [0.3, 0.4) is 0 Å². The molecular weight excluding hydrogens is 362 g/mol. The molecule has 0 bridgehead atoms. The highest BCUT2D eigenvalue weighted by molar-refractivity contribution is 7.92. The Hall–Kier alpha value is -2.38. The topological polar surface area (TPSA) is 69.7 Å². The average Bonchev–Trinajstić information content (AvgIpc) is 2.69. The second kappa shape index (κ2) is 8.10. The van der Waals surface area contributed by atoms with Crippen LogP contribution in [0.4, 0.5) is 5.69 Å². The number of anilines is 1. The van der Waals surface area contributed by atoms with E-state index in [9.17, 15) is 13.2 Å². The van der Waals surface area contributed by atoms with Crippen LogP contribution >= 0.6 is 0 Å². The molecular formula is C20H25N3O3S. The van der Waals surface area contributed by atoms with E-state index in [0.29, 0.717) is 24.3 Å². The minimum absolute atomic E-state index is 0.0663. The summed E-state index contributed by atoms with van der Waals surface area (Å²) in [5, 5.41) is 3.26. The van der Waals surface area contributed by atoms with E-state index in [4.69, 9.17) is 0 Å². The molecule has 0 aromatic heterocycles. The number of nitrogens with one attached hydrogen (secondary N) is 1. The van der Waals surface area contributed by atoms with Crippen molar-refractivity contribution in [3.05, 3.63) is 60.2 Å². The van der Waals surface area contributed by atoms with E-state index in [2.05, 4.69) is 5.32 Å². The van der Waals surface area contributed by atoms with Crippen molar-refractivity contribution in [2.24, 2.45) is 0 Å². The third kappa shape index (κ3) is 3.99. The van der Waals surface area contributed by atoms with Crippen LogP contribution < -0.4 is 9.62 Å². The fourth-order valence-electron chi connectivity index (χ4n) is 3.29. The highest BCUT2D eigenvalue weighted by Crippen LogP contribution is 2.24. The lowest BCUT2D eigenvalue weighted by Crippen LogP contribution is -2.52. The van der Waals surface area contributed by atoms with Gasteiger partial charge in [-0.3, -0.25) is 9.10 Å². The first-order chi connectivity index (χ1) is 12.9. The molecule has 2 aromatic rings. The highest BCUT2D eigenvalue weighted by atomic mass is 32.2. The molecule has 1 heterocycles. The SMILES string of the molecule is CCN(c1ccccc1)S(=O)(=O)c1ccc(C(=O)N2CCNC[C@H]2C)cc1. The summed E-state index contributed by atoms with van der Waals surface area (Å²) in [5.41, 5.74) is 1.13. The molecule has 1 fully saturated rings. The van der Waals surface area contributed by atoms with Gasteiger partial charge in [-0.05, 0) is 50.2 Å². The maximum absolute atomic E-state index is 13.0. The summed E-state index contributed by atoms with van der Waals surface area (Å²) in [6, 6.07) is 15.3. The molecule has 144 valence electrons. The molecule has 0 spiro atoms. The van der Waals surface area contributed by atoms with Gasteiger partial charge in [0.05, 0.1) is 10.6 Å². The highest BCUT2D eigenvalue weighted by Gasteiger charge is 2.26. The van der Waals surface area contributed by atoms with Gasteiger partial charge in [0.2, 0.25) is 0 Å². The van der Waals surface area contributed by atoms with Crippen molar-refractivity contribution in [1.82, 2.24) is 10.2 Å². The molecule has 6 nitrogen and oxygen atoms in total. The summed E-state index contributed by atoms with van der Waals surface area (Å²) in [6.45, 7) is 6.31. The van der Waals surface area contributed by atoms with Crippen molar-refractivity contribution in [2.75, 3.05) is 30.5 Å². The zero-order valence-electron chi connectivity index (χ0n) is 15.6. The molecule has 0 aliphatic carbocycles. The lowest BCUT2D eigenvalue weighted by atomic mass is 10.1.